The fraction of sp³-hybridized carbons (Fsp3) is 0.333. The Kier molecular flexibility index (Phi) is 4.00. The molecule has 0 bridgehead atoms. The second-order valence-corrected chi connectivity index (χ2v) is 3.32. The highest BCUT2D eigenvalue weighted by Crippen LogP contribution is 2.22. The van der Waals surface area contributed by atoms with Crippen molar-refractivity contribution in [3.8, 4) is 0 Å². The van der Waals surface area contributed by atoms with Crippen molar-refractivity contribution in [1.82, 2.24) is 4.98 Å². The van der Waals surface area contributed by atoms with Crippen LogP contribution in [0.2, 0.25) is 5.02 Å². The maximum absolute atomic E-state index is 12.4. The van der Waals surface area contributed by atoms with Gasteiger partial charge in [0.1, 0.15) is 10.7 Å². The number of halogens is 3. The van der Waals surface area contributed by atoms with E-state index in [-0.39, 0.29) is 12.1 Å². The SMILES string of the molecule is COC(=O)Cc1cc(=O)c(Cl)c(C(F)F)[nH]1. The summed E-state index contributed by atoms with van der Waals surface area (Å²) in [4.78, 5) is 24.3. The number of aromatic amines is 1. The minimum atomic E-state index is -2.90. The quantitative estimate of drug-likeness (QED) is 0.832. The first-order valence-electron chi connectivity index (χ1n) is 4.22. The number of methoxy groups -OCH3 is 1. The Morgan fingerprint density at radius 1 is 1.62 bits per heavy atom. The molecule has 0 amide bonds. The molecule has 0 aromatic carbocycles. The van der Waals surface area contributed by atoms with Gasteiger partial charge < -0.3 is 9.72 Å². The van der Waals surface area contributed by atoms with E-state index >= 15 is 0 Å². The number of carbonyl (C=O) groups is 1. The van der Waals surface area contributed by atoms with E-state index < -0.39 is 28.5 Å². The number of pyridine rings is 1. The van der Waals surface area contributed by atoms with Gasteiger partial charge in [0.25, 0.3) is 6.43 Å². The van der Waals surface area contributed by atoms with E-state index in [1.54, 1.807) is 0 Å². The first-order valence-corrected chi connectivity index (χ1v) is 4.60. The van der Waals surface area contributed by atoms with Crippen LogP contribution in [0.5, 0.6) is 0 Å². The van der Waals surface area contributed by atoms with Crippen molar-refractivity contribution in [1.29, 1.82) is 0 Å². The lowest BCUT2D eigenvalue weighted by Gasteiger charge is -2.06. The molecule has 1 aromatic rings. The summed E-state index contributed by atoms with van der Waals surface area (Å²) < 4.78 is 29.2. The van der Waals surface area contributed by atoms with Crippen molar-refractivity contribution >= 4 is 17.6 Å². The van der Waals surface area contributed by atoms with Crippen LogP contribution in [0.15, 0.2) is 10.9 Å². The van der Waals surface area contributed by atoms with Crippen molar-refractivity contribution in [2.45, 2.75) is 12.8 Å². The summed E-state index contributed by atoms with van der Waals surface area (Å²) in [7, 11) is 1.16. The number of ether oxygens (including phenoxy) is 1. The number of hydrogen-bond acceptors (Lipinski definition) is 3. The van der Waals surface area contributed by atoms with Gasteiger partial charge in [-0.25, -0.2) is 8.78 Å². The van der Waals surface area contributed by atoms with Crippen LogP contribution >= 0.6 is 11.6 Å². The van der Waals surface area contributed by atoms with Crippen LogP contribution in [0.25, 0.3) is 0 Å². The maximum atomic E-state index is 12.4. The van der Waals surface area contributed by atoms with E-state index in [9.17, 15) is 18.4 Å². The zero-order valence-corrected chi connectivity index (χ0v) is 8.98. The molecule has 1 rings (SSSR count). The summed E-state index contributed by atoms with van der Waals surface area (Å²) in [6.07, 6.45) is -3.19. The molecular formula is C9H8ClF2NO3. The molecule has 0 saturated heterocycles. The fourth-order valence-electron chi connectivity index (χ4n) is 1.09. The first kappa shape index (κ1) is 12.6. The monoisotopic (exact) mass is 251 g/mol. The van der Waals surface area contributed by atoms with Gasteiger partial charge >= 0.3 is 5.97 Å². The number of aromatic nitrogens is 1. The molecule has 0 saturated carbocycles. The molecule has 0 aliphatic rings. The molecule has 1 heterocycles. The lowest BCUT2D eigenvalue weighted by molar-refractivity contribution is -0.139. The van der Waals surface area contributed by atoms with Crippen molar-refractivity contribution in [2.24, 2.45) is 0 Å². The van der Waals surface area contributed by atoms with E-state index in [1.807, 2.05) is 0 Å². The predicted octanol–water partition coefficient (Wildman–Crippen LogP) is 1.68. The molecule has 0 fully saturated rings. The van der Waals surface area contributed by atoms with Gasteiger partial charge in [0.2, 0.25) is 5.43 Å². The molecule has 0 radical (unpaired) electrons. The highest BCUT2D eigenvalue weighted by molar-refractivity contribution is 6.31. The number of esters is 1. The van der Waals surface area contributed by atoms with Gasteiger partial charge in [-0.05, 0) is 0 Å². The summed E-state index contributed by atoms with van der Waals surface area (Å²) >= 11 is 5.39. The third-order valence-corrected chi connectivity index (χ3v) is 2.22. The second-order valence-electron chi connectivity index (χ2n) is 2.94. The topological polar surface area (TPSA) is 59.2 Å². The molecule has 0 spiro atoms. The minimum absolute atomic E-state index is 0.0385. The van der Waals surface area contributed by atoms with Gasteiger partial charge in [-0.15, -0.1) is 0 Å². The molecule has 0 unspecified atom stereocenters. The van der Waals surface area contributed by atoms with E-state index in [2.05, 4.69) is 9.72 Å². The Labute approximate surface area is 94.2 Å². The van der Waals surface area contributed by atoms with Gasteiger partial charge in [-0.1, -0.05) is 11.6 Å². The van der Waals surface area contributed by atoms with Crippen LogP contribution in [0, 0.1) is 0 Å². The predicted molar refractivity (Wildman–Crippen MR) is 52.7 cm³/mol. The number of hydrogen-bond donors (Lipinski definition) is 1. The lowest BCUT2D eigenvalue weighted by atomic mass is 10.2. The smallest absolute Gasteiger partial charge is 0.311 e. The van der Waals surface area contributed by atoms with Crippen LogP contribution < -0.4 is 5.43 Å². The van der Waals surface area contributed by atoms with Crippen LogP contribution in [0.1, 0.15) is 17.8 Å². The molecule has 16 heavy (non-hydrogen) atoms. The van der Waals surface area contributed by atoms with Crippen molar-refractivity contribution in [3.05, 3.63) is 32.7 Å². The maximum Gasteiger partial charge on any atom is 0.311 e. The zero-order chi connectivity index (χ0) is 12.3. The molecule has 7 heteroatoms. The Morgan fingerprint density at radius 2 is 2.25 bits per heavy atom. The van der Waals surface area contributed by atoms with Crippen molar-refractivity contribution in [3.63, 3.8) is 0 Å². The molecular weight excluding hydrogens is 244 g/mol. The molecule has 4 nitrogen and oxygen atoms in total. The standard InChI is InChI=1S/C9H8ClF2NO3/c1-16-6(15)3-4-2-5(14)7(10)8(13-4)9(11)12/h2,9H,3H2,1H3,(H,13,14). The average molecular weight is 252 g/mol. The molecule has 0 aliphatic carbocycles. The van der Waals surface area contributed by atoms with Crippen LogP contribution in [0.4, 0.5) is 8.78 Å². The summed E-state index contributed by atoms with van der Waals surface area (Å²) in [6.45, 7) is 0. The minimum Gasteiger partial charge on any atom is -0.469 e. The number of carbonyl (C=O) groups excluding carboxylic acids is 1. The van der Waals surface area contributed by atoms with E-state index in [0.29, 0.717) is 0 Å². The van der Waals surface area contributed by atoms with Crippen molar-refractivity contribution < 1.29 is 18.3 Å². The third kappa shape index (κ3) is 2.79. The Bertz CT molecular complexity index is 459. The second kappa shape index (κ2) is 5.07. The Morgan fingerprint density at radius 3 is 2.75 bits per heavy atom. The highest BCUT2D eigenvalue weighted by atomic mass is 35.5. The van der Waals surface area contributed by atoms with Gasteiger partial charge in [0, 0.05) is 11.8 Å². The number of rotatable bonds is 3. The summed E-state index contributed by atoms with van der Waals surface area (Å²) in [5, 5.41) is -0.566. The van der Waals surface area contributed by atoms with Gasteiger partial charge in [0.05, 0.1) is 13.5 Å². The largest absolute Gasteiger partial charge is 0.469 e. The average Bonchev–Trinajstić information content (AvgIpc) is 2.22. The molecule has 0 aliphatic heterocycles. The molecule has 0 atom stereocenters. The molecule has 1 N–H and O–H groups in total. The lowest BCUT2D eigenvalue weighted by Crippen LogP contribution is -2.13. The number of H-pyrrole nitrogens is 1. The highest BCUT2D eigenvalue weighted by Gasteiger charge is 2.17. The van der Waals surface area contributed by atoms with Crippen LogP contribution in [-0.2, 0) is 16.0 Å². The first-order chi connectivity index (χ1) is 7.45. The summed E-state index contributed by atoms with van der Waals surface area (Å²) in [6, 6.07) is 0.991. The van der Waals surface area contributed by atoms with Gasteiger partial charge in [0.15, 0.2) is 0 Å². The number of nitrogens with one attached hydrogen (secondary N) is 1. The summed E-state index contributed by atoms with van der Waals surface area (Å²) in [5.41, 5.74) is -1.40. The van der Waals surface area contributed by atoms with E-state index in [0.717, 1.165) is 13.2 Å². The fourth-order valence-corrected chi connectivity index (χ4v) is 1.28. The van der Waals surface area contributed by atoms with Gasteiger partial charge in [-0.2, -0.15) is 0 Å². The normalized spacial score (nSPS) is 10.6. The van der Waals surface area contributed by atoms with Crippen LogP contribution in [-0.4, -0.2) is 18.1 Å². The third-order valence-electron chi connectivity index (χ3n) is 1.83. The van der Waals surface area contributed by atoms with Crippen molar-refractivity contribution in [2.75, 3.05) is 7.11 Å². The zero-order valence-electron chi connectivity index (χ0n) is 8.22. The molecule has 88 valence electrons. The number of alkyl halides is 2. The Balaban J connectivity index is 3.14. The Hall–Kier alpha value is -1.43. The van der Waals surface area contributed by atoms with E-state index in [1.165, 1.54) is 0 Å². The molecule has 1 aromatic heterocycles. The van der Waals surface area contributed by atoms with Gasteiger partial charge in [-0.3, -0.25) is 9.59 Å². The van der Waals surface area contributed by atoms with E-state index in [4.69, 9.17) is 11.6 Å². The summed E-state index contributed by atoms with van der Waals surface area (Å²) in [5.74, 6) is -0.641. The van der Waals surface area contributed by atoms with Crippen LogP contribution in [0.3, 0.4) is 0 Å².